The molecule has 0 saturated heterocycles. The van der Waals surface area contributed by atoms with Gasteiger partial charge in [0.15, 0.2) is 0 Å². The molecule has 0 aliphatic carbocycles. The fourth-order valence-electron chi connectivity index (χ4n) is 2.78. The third-order valence-corrected chi connectivity index (χ3v) is 4.19. The third kappa shape index (κ3) is 4.38. The standard InChI is InChI=1S/C21H26N2/c1-5-18-11-7-9-13-20(18)16(3)22-15-23-17(4)21-14-10-8-12-19(21)6-2/h7-14H,5-6,15H2,1-4H3/b22-16+,23-17?. The van der Waals surface area contributed by atoms with Crippen molar-refractivity contribution in [2.45, 2.75) is 40.5 Å². The summed E-state index contributed by atoms with van der Waals surface area (Å²) in [5.74, 6) is 0. The first kappa shape index (κ1) is 17.1. The summed E-state index contributed by atoms with van der Waals surface area (Å²) in [6.07, 6.45) is 2.05. The average Bonchev–Trinajstić information content (AvgIpc) is 2.61. The SMILES string of the molecule is CCc1ccccc1C(C)=NC/N=C(\C)c1ccccc1CC. The van der Waals surface area contributed by atoms with Gasteiger partial charge in [-0.15, -0.1) is 0 Å². The Labute approximate surface area is 140 Å². The molecule has 0 fully saturated rings. The van der Waals surface area contributed by atoms with E-state index in [9.17, 15) is 0 Å². The zero-order chi connectivity index (χ0) is 16.7. The van der Waals surface area contributed by atoms with Gasteiger partial charge in [-0.25, -0.2) is 0 Å². The Morgan fingerprint density at radius 3 is 1.48 bits per heavy atom. The van der Waals surface area contributed by atoms with Crippen molar-refractivity contribution in [2.24, 2.45) is 9.98 Å². The summed E-state index contributed by atoms with van der Waals surface area (Å²) in [5.41, 5.74) is 7.26. The van der Waals surface area contributed by atoms with Gasteiger partial charge in [0.25, 0.3) is 0 Å². The minimum absolute atomic E-state index is 0.480. The molecule has 120 valence electrons. The van der Waals surface area contributed by atoms with E-state index >= 15 is 0 Å². The summed E-state index contributed by atoms with van der Waals surface area (Å²) < 4.78 is 0. The number of aliphatic imine (C=N–C) groups is 2. The van der Waals surface area contributed by atoms with Crippen molar-refractivity contribution in [3.8, 4) is 0 Å². The first-order valence-electron chi connectivity index (χ1n) is 8.36. The van der Waals surface area contributed by atoms with E-state index in [0.29, 0.717) is 6.67 Å². The Hall–Kier alpha value is -2.22. The molecule has 2 aromatic rings. The summed E-state index contributed by atoms with van der Waals surface area (Å²) in [6, 6.07) is 16.9. The van der Waals surface area contributed by atoms with Crippen LogP contribution in [0.3, 0.4) is 0 Å². The normalized spacial score (nSPS) is 12.5. The van der Waals surface area contributed by atoms with Gasteiger partial charge < -0.3 is 0 Å². The van der Waals surface area contributed by atoms with Gasteiger partial charge in [-0.3, -0.25) is 9.98 Å². The van der Waals surface area contributed by atoms with Gasteiger partial charge in [-0.2, -0.15) is 0 Å². The molecule has 0 heterocycles. The van der Waals surface area contributed by atoms with Crippen LogP contribution in [0.25, 0.3) is 0 Å². The van der Waals surface area contributed by atoms with Crippen molar-refractivity contribution < 1.29 is 0 Å². The molecule has 0 saturated carbocycles. The molecule has 0 spiro atoms. The van der Waals surface area contributed by atoms with Gasteiger partial charge in [-0.05, 0) is 48.9 Å². The van der Waals surface area contributed by atoms with E-state index in [2.05, 4.69) is 86.2 Å². The van der Waals surface area contributed by atoms with E-state index in [1.54, 1.807) is 0 Å². The van der Waals surface area contributed by atoms with Crippen LogP contribution in [-0.4, -0.2) is 18.1 Å². The predicted octanol–water partition coefficient (Wildman–Crippen LogP) is 5.09. The van der Waals surface area contributed by atoms with E-state index in [1.165, 1.54) is 22.3 Å². The monoisotopic (exact) mass is 306 g/mol. The number of aryl methyl sites for hydroxylation is 2. The van der Waals surface area contributed by atoms with Gasteiger partial charge in [0.05, 0.1) is 0 Å². The number of rotatable bonds is 6. The van der Waals surface area contributed by atoms with Crippen LogP contribution in [0.4, 0.5) is 0 Å². The molecule has 2 aromatic carbocycles. The smallest absolute Gasteiger partial charge is 0.129 e. The van der Waals surface area contributed by atoms with Crippen LogP contribution in [0.2, 0.25) is 0 Å². The highest BCUT2D eigenvalue weighted by molar-refractivity contribution is 6.01. The maximum atomic E-state index is 4.65. The maximum absolute atomic E-state index is 4.65. The second-order valence-electron chi connectivity index (χ2n) is 5.65. The summed E-state index contributed by atoms with van der Waals surface area (Å²) in [5, 5.41) is 0. The summed E-state index contributed by atoms with van der Waals surface area (Å²) >= 11 is 0. The van der Waals surface area contributed by atoms with Gasteiger partial charge in [-0.1, -0.05) is 62.4 Å². The Bertz CT molecular complexity index is 650. The summed E-state index contributed by atoms with van der Waals surface area (Å²) in [4.78, 5) is 9.31. The average molecular weight is 306 g/mol. The van der Waals surface area contributed by atoms with E-state index in [4.69, 9.17) is 0 Å². The highest BCUT2D eigenvalue weighted by atomic mass is 14.9. The number of nitrogens with zero attached hydrogens (tertiary/aromatic N) is 2. The Balaban J connectivity index is 2.16. The zero-order valence-electron chi connectivity index (χ0n) is 14.6. The quantitative estimate of drug-likeness (QED) is 0.664. The fourth-order valence-corrected chi connectivity index (χ4v) is 2.78. The highest BCUT2D eigenvalue weighted by Gasteiger charge is 2.04. The zero-order valence-corrected chi connectivity index (χ0v) is 14.6. The van der Waals surface area contributed by atoms with Crippen molar-refractivity contribution in [1.82, 2.24) is 0 Å². The van der Waals surface area contributed by atoms with Crippen molar-refractivity contribution in [3.05, 3.63) is 70.8 Å². The lowest BCUT2D eigenvalue weighted by atomic mass is 10.0. The van der Waals surface area contributed by atoms with Gasteiger partial charge in [0, 0.05) is 11.4 Å². The second kappa shape index (κ2) is 8.42. The number of benzene rings is 2. The van der Waals surface area contributed by atoms with Crippen LogP contribution in [0.15, 0.2) is 58.5 Å². The largest absolute Gasteiger partial charge is 0.266 e. The molecular formula is C21H26N2. The molecule has 0 unspecified atom stereocenters. The Morgan fingerprint density at radius 2 is 1.09 bits per heavy atom. The first-order chi connectivity index (χ1) is 11.2. The summed E-state index contributed by atoms with van der Waals surface area (Å²) in [6.45, 7) is 8.97. The molecule has 0 aliphatic heterocycles. The summed E-state index contributed by atoms with van der Waals surface area (Å²) in [7, 11) is 0. The van der Waals surface area contributed by atoms with Crippen LogP contribution < -0.4 is 0 Å². The minimum atomic E-state index is 0.480. The third-order valence-electron chi connectivity index (χ3n) is 4.19. The molecule has 0 atom stereocenters. The van der Waals surface area contributed by atoms with Crippen molar-refractivity contribution in [3.63, 3.8) is 0 Å². The van der Waals surface area contributed by atoms with E-state index < -0.39 is 0 Å². The Morgan fingerprint density at radius 1 is 0.696 bits per heavy atom. The molecule has 2 rings (SSSR count). The molecule has 0 N–H and O–H groups in total. The molecular weight excluding hydrogens is 280 g/mol. The second-order valence-corrected chi connectivity index (χ2v) is 5.65. The first-order valence-corrected chi connectivity index (χ1v) is 8.36. The lowest BCUT2D eigenvalue weighted by Gasteiger charge is -2.08. The lowest BCUT2D eigenvalue weighted by Crippen LogP contribution is -2.03. The van der Waals surface area contributed by atoms with Crippen molar-refractivity contribution in [2.75, 3.05) is 6.67 Å². The molecule has 0 aromatic heterocycles. The molecule has 2 nitrogen and oxygen atoms in total. The van der Waals surface area contributed by atoms with Gasteiger partial charge in [0.1, 0.15) is 6.67 Å². The van der Waals surface area contributed by atoms with Crippen LogP contribution in [0.5, 0.6) is 0 Å². The molecule has 2 heteroatoms. The fraction of sp³-hybridized carbons (Fsp3) is 0.333. The van der Waals surface area contributed by atoms with Crippen LogP contribution in [-0.2, 0) is 12.8 Å². The number of hydrogen-bond donors (Lipinski definition) is 0. The maximum Gasteiger partial charge on any atom is 0.129 e. The molecule has 0 radical (unpaired) electrons. The predicted molar refractivity (Wildman–Crippen MR) is 101 cm³/mol. The lowest BCUT2D eigenvalue weighted by molar-refractivity contribution is 1.05. The Kier molecular flexibility index (Phi) is 6.28. The highest BCUT2D eigenvalue weighted by Crippen LogP contribution is 2.12. The van der Waals surface area contributed by atoms with Crippen molar-refractivity contribution in [1.29, 1.82) is 0 Å². The molecule has 23 heavy (non-hydrogen) atoms. The van der Waals surface area contributed by atoms with Gasteiger partial charge in [0.2, 0.25) is 0 Å². The van der Waals surface area contributed by atoms with Crippen LogP contribution >= 0.6 is 0 Å². The van der Waals surface area contributed by atoms with Crippen molar-refractivity contribution >= 4 is 11.4 Å². The van der Waals surface area contributed by atoms with E-state index in [1.807, 2.05) is 0 Å². The van der Waals surface area contributed by atoms with E-state index in [0.717, 1.165) is 24.3 Å². The van der Waals surface area contributed by atoms with Gasteiger partial charge >= 0.3 is 0 Å². The van der Waals surface area contributed by atoms with Crippen LogP contribution in [0, 0.1) is 0 Å². The molecule has 0 amide bonds. The molecule has 0 aliphatic rings. The number of hydrogen-bond acceptors (Lipinski definition) is 2. The topological polar surface area (TPSA) is 24.7 Å². The van der Waals surface area contributed by atoms with Crippen LogP contribution in [0.1, 0.15) is 49.9 Å². The minimum Gasteiger partial charge on any atom is -0.266 e. The van der Waals surface area contributed by atoms with E-state index in [-0.39, 0.29) is 0 Å². The molecule has 0 bridgehead atoms.